The van der Waals surface area contributed by atoms with Crippen LogP contribution in [-0.4, -0.2) is 23.9 Å². The molecule has 3 saturated carbocycles. The maximum Gasteiger partial charge on any atom is 0.323 e. The predicted molar refractivity (Wildman–Crippen MR) is 119 cm³/mol. The first-order valence-electron chi connectivity index (χ1n) is 12.3. The van der Waals surface area contributed by atoms with E-state index < -0.39 is 6.04 Å². The van der Waals surface area contributed by atoms with Crippen molar-refractivity contribution in [2.45, 2.75) is 98.1 Å². The molecule has 0 amide bonds. The lowest BCUT2D eigenvalue weighted by atomic mass is 9.46. The molecule has 4 rings (SSSR count). The van der Waals surface area contributed by atoms with Crippen LogP contribution in [0.3, 0.4) is 0 Å². The standard InChI is InChI=1S/C26H41NO3/c1-15(2)23(27)24(29)30-18-10-12-25(4)17(14-18)6-7-19-21-9-8-20(16(3)28)26(21,5)13-11-22(19)25/h14-15,18-23H,6-13,27H2,1-5H3/t18-,19?,20+,21?,22?,23+,25-,26+/m1/s1. The van der Waals surface area contributed by atoms with Gasteiger partial charge in [0.15, 0.2) is 0 Å². The van der Waals surface area contributed by atoms with Gasteiger partial charge in [-0.05, 0) is 98.9 Å². The van der Waals surface area contributed by atoms with Gasteiger partial charge >= 0.3 is 5.97 Å². The Hall–Kier alpha value is -1.16. The molecule has 0 aliphatic heterocycles. The lowest BCUT2D eigenvalue weighted by molar-refractivity contribution is -0.151. The average Bonchev–Trinajstić information content (AvgIpc) is 3.05. The first kappa shape index (κ1) is 22.0. The minimum Gasteiger partial charge on any atom is -0.457 e. The lowest BCUT2D eigenvalue weighted by Gasteiger charge is -2.58. The van der Waals surface area contributed by atoms with Gasteiger partial charge in [0.05, 0.1) is 0 Å². The number of ketones is 1. The van der Waals surface area contributed by atoms with E-state index in [4.69, 9.17) is 10.5 Å². The highest BCUT2D eigenvalue weighted by Gasteiger charge is 2.59. The third-order valence-electron chi connectivity index (χ3n) is 9.82. The van der Waals surface area contributed by atoms with E-state index in [0.29, 0.717) is 17.6 Å². The van der Waals surface area contributed by atoms with Crippen LogP contribution < -0.4 is 5.73 Å². The Bertz CT molecular complexity index is 743. The zero-order chi connectivity index (χ0) is 21.8. The smallest absolute Gasteiger partial charge is 0.323 e. The van der Waals surface area contributed by atoms with Crippen LogP contribution in [0.5, 0.6) is 0 Å². The molecule has 3 fully saturated rings. The molecule has 0 aromatic heterocycles. The van der Waals surface area contributed by atoms with Crippen molar-refractivity contribution < 1.29 is 14.3 Å². The Morgan fingerprint density at radius 2 is 1.80 bits per heavy atom. The molecule has 0 spiro atoms. The molecular weight excluding hydrogens is 374 g/mol. The summed E-state index contributed by atoms with van der Waals surface area (Å²) in [6, 6.07) is -0.542. The number of carbonyl (C=O) groups excluding carboxylic acids is 2. The summed E-state index contributed by atoms with van der Waals surface area (Å²) in [5, 5.41) is 0. The number of fused-ring (bicyclic) bond motifs is 5. The minimum absolute atomic E-state index is 0.0937. The maximum atomic E-state index is 12.4. The Labute approximate surface area is 182 Å². The summed E-state index contributed by atoms with van der Waals surface area (Å²) in [5.74, 6) is 2.65. The zero-order valence-electron chi connectivity index (χ0n) is 19.6. The van der Waals surface area contributed by atoms with E-state index in [1.807, 2.05) is 13.8 Å². The molecule has 0 radical (unpaired) electrons. The van der Waals surface area contributed by atoms with Crippen LogP contribution in [0.25, 0.3) is 0 Å². The molecule has 4 heteroatoms. The summed E-state index contributed by atoms with van der Waals surface area (Å²) in [6.07, 6.45) is 11.2. The zero-order valence-corrected chi connectivity index (χ0v) is 19.6. The van der Waals surface area contributed by atoms with Gasteiger partial charge in [-0.15, -0.1) is 0 Å². The molecule has 0 aromatic carbocycles. The Morgan fingerprint density at radius 3 is 2.47 bits per heavy atom. The lowest BCUT2D eigenvalue weighted by Crippen LogP contribution is -2.51. The van der Waals surface area contributed by atoms with Crippen molar-refractivity contribution in [3.63, 3.8) is 0 Å². The monoisotopic (exact) mass is 415 g/mol. The van der Waals surface area contributed by atoms with Crippen molar-refractivity contribution in [1.82, 2.24) is 0 Å². The van der Waals surface area contributed by atoms with Gasteiger partial charge < -0.3 is 10.5 Å². The summed E-state index contributed by atoms with van der Waals surface area (Å²) in [4.78, 5) is 24.7. The van der Waals surface area contributed by atoms with Gasteiger partial charge in [0.25, 0.3) is 0 Å². The van der Waals surface area contributed by atoms with Crippen molar-refractivity contribution in [2.75, 3.05) is 0 Å². The van der Waals surface area contributed by atoms with Crippen LogP contribution in [0.15, 0.2) is 11.6 Å². The molecule has 0 heterocycles. The molecule has 4 aliphatic rings. The van der Waals surface area contributed by atoms with Crippen molar-refractivity contribution in [1.29, 1.82) is 0 Å². The second kappa shape index (κ2) is 7.76. The van der Waals surface area contributed by atoms with Crippen molar-refractivity contribution >= 4 is 11.8 Å². The maximum absolute atomic E-state index is 12.4. The molecule has 168 valence electrons. The van der Waals surface area contributed by atoms with E-state index in [9.17, 15) is 9.59 Å². The van der Waals surface area contributed by atoms with Gasteiger partial charge in [-0.3, -0.25) is 9.59 Å². The van der Waals surface area contributed by atoms with Crippen molar-refractivity contribution in [3.8, 4) is 0 Å². The van der Waals surface area contributed by atoms with E-state index >= 15 is 0 Å². The van der Waals surface area contributed by atoms with Crippen LogP contribution >= 0.6 is 0 Å². The molecule has 0 bridgehead atoms. The number of nitrogens with two attached hydrogens (primary N) is 1. The highest BCUT2D eigenvalue weighted by molar-refractivity contribution is 5.79. The number of rotatable bonds is 4. The van der Waals surface area contributed by atoms with Crippen molar-refractivity contribution in [3.05, 3.63) is 11.6 Å². The largest absolute Gasteiger partial charge is 0.457 e. The third kappa shape index (κ3) is 3.38. The normalized spacial score (nSPS) is 43.8. The minimum atomic E-state index is -0.542. The third-order valence-corrected chi connectivity index (χ3v) is 9.82. The topological polar surface area (TPSA) is 69.4 Å². The predicted octanol–water partition coefficient (Wildman–Crippen LogP) is 5.05. The number of ether oxygens (including phenoxy) is 1. The summed E-state index contributed by atoms with van der Waals surface area (Å²) in [7, 11) is 0. The van der Waals surface area contributed by atoms with Gasteiger partial charge in [-0.25, -0.2) is 0 Å². The van der Waals surface area contributed by atoms with Gasteiger partial charge in [0.1, 0.15) is 17.9 Å². The molecule has 30 heavy (non-hydrogen) atoms. The second-order valence-corrected chi connectivity index (χ2v) is 11.6. The van der Waals surface area contributed by atoms with Crippen LogP contribution in [0.2, 0.25) is 0 Å². The Balaban J connectivity index is 1.51. The molecular formula is C26H41NO3. The van der Waals surface area contributed by atoms with E-state index in [-0.39, 0.29) is 34.7 Å². The summed E-state index contributed by atoms with van der Waals surface area (Å²) in [5.41, 5.74) is 7.94. The highest BCUT2D eigenvalue weighted by atomic mass is 16.5. The first-order chi connectivity index (χ1) is 14.1. The fourth-order valence-electron chi connectivity index (χ4n) is 7.96. The summed E-state index contributed by atoms with van der Waals surface area (Å²) >= 11 is 0. The number of carbonyl (C=O) groups is 2. The number of esters is 1. The SMILES string of the molecule is CC(=O)[C@@H]1CCC2C3CCC4=C[C@H](OC(=O)[C@@H](N)C(C)C)CC[C@@]4(C)C3CC[C@]21C. The van der Waals surface area contributed by atoms with Crippen molar-refractivity contribution in [2.24, 2.45) is 46.2 Å². The molecule has 0 saturated heterocycles. The van der Waals surface area contributed by atoms with E-state index in [0.717, 1.165) is 31.6 Å². The van der Waals surface area contributed by atoms with Crippen LogP contribution in [0, 0.1) is 40.4 Å². The highest BCUT2D eigenvalue weighted by Crippen LogP contribution is 2.66. The molecule has 0 aromatic rings. The van der Waals surface area contributed by atoms with Gasteiger partial charge in [0.2, 0.25) is 0 Å². The number of hydrogen-bond acceptors (Lipinski definition) is 4. The average molecular weight is 416 g/mol. The number of Topliss-reactive ketones (excluding diaryl/α,β-unsaturated/α-hetero) is 1. The second-order valence-electron chi connectivity index (χ2n) is 11.6. The Morgan fingerprint density at radius 1 is 1.07 bits per heavy atom. The molecule has 4 nitrogen and oxygen atoms in total. The quantitative estimate of drug-likeness (QED) is 0.515. The summed E-state index contributed by atoms with van der Waals surface area (Å²) in [6.45, 7) is 10.6. The molecule has 4 aliphatic carbocycles. The van der Waals surface area contributed by atoms with E-state index in [2.05, 4.69) is 19.9 Å². The van der Waals surface area contributed by atoms with E-state index in [1.54, 1.807) is 6.92 Å². The van der Waals surface area contributed by atoms with Crippen LogP contribution in [0.1, 0.15) is 86.0 Å². The number of hydrogen-bond donors (Lipinski definition) is 1. The Kier molecular flexibility index (Phi) is 5.70. The molecule has 3 unspecified atom stereocenters. The fourth-order valence-corrected chi connectivity index (χ4v) is 7.96. The number of allylic oxidation sites excluding steroid dienone is 1. The van der Waals surface area contributed by atoms with Crippen LogP contribution in [-0.2, 0) is 14.3 Å². The van der Waals surface area contributed by atoms with Gasteiger partial charge in [-0.2, -0.15) is 0 Å². The van der Waals surface area contributed by atoms with E-state index in [1.165, 1.54) is 31.3 Å². The van der Waals surface area contributed by atoms with Gasteiger partial charge in [0, 0.05) is 5.92 Å². The fraction of sp³-hybridized carbons (Fsp3) is 0.846. The molecule has 2 N–H and O–H groups in total. The summed E-state index contributed by atoms with van der Waals surface area (Å²) < 4.78 is 5.79. The van der Waals surface area contributed by atoms with Crippen LogP contribution in [0.4, 0.5) is 0 Å². The van der Waals surface area contributed by atoms with Gasteiger partial charge in [-0.1, -0.05) is 33.3 Å². The first-order valence-corrected chi connectivity index (χ1v) is 12.3. The molecule has 8 atom stereocenters.